The summed E-state index contributed by atoms with van der Waals surface area (Å²) in [5, 5.41) is 11.7. The predicted molar refractivity (Wildman–Crippen MR) is 68.0 cm³/mol. The number of hydrogen-bond acceptors (Lipinski definition) is 2. The maximum Gasteiger partial charge on any atom is 0.307 e. The summed E-state index contributed by atoms with van der Waals surface area (Å²) < 4.78 is 13.0. The van der Waals surface area contributed by atoms with Crippen LogP contribution in [0.4, 0.5) is 10.1 Å². The number of carbonyl (C=O) groups excluding carboxylic acids is 1. The van der Waals surface area contributed by atoms with Crippen LogP contribution in [0.5, 0.6) is 0 Å². The number of halogens is 1. The van der Waals surface area contributed by atoms with Crippen LogP contribution in [-0.4, -0.2) is 17.0 Å². The number of carboxylic acids is 1. The number of nitrogens with one attached hydrogen (secondary N) is 1. The van der Waals surface area contributed by atoms with Gasteiger partial charge in [-0.2, -0.15) is 0 Å². The Kier molecular flexibility index (Phi) is 3.83. The molecule has 1 aromatic carbocycles. The second-order valence-corrected chi connectivity index (χ2v) is 5.13. The van der Waals surface area contributed by atoms with E-state index in [1.54, 1.807) is 6.07 Å². The van der Waals surface area contributed by atoms with Crippen molar-refractivity contribution < 1.29 is 19.1 Å². The lowest BCUT2D eigenvalue weighted by molar-refractivity contribution is -0.145. The first-order valence-electron chi connectivity index (χ1n) is 6.26. The zero-order chi connectivity index (χ0) is 14.0. The lowest BCUT2D eigenvalue weighted by atomic mass is 9.95. The molecular weight excluding hydrogens is 249 g/mol. The highest BCUT2D eigenvalue weighted by Crippen LogP contribution is 2.37. The predicted octanol–water partition coefficient (Wildman–Crippen LogP) is 2.51. The van der Waals surface area contributed by atoms with Crippen LogP contribution in [0, 0.1) is 23.6 Å². The Morgan fingerprint density at radius 3 is 2.63 bits per heavy atom. The van der Waals surface area contributed by atoms with Gasteiger partial charge in [-0.05, 0) is 37.0 Å². The van der Waals surface area contributed by atoms with Crippen molar-refractivity contribution in [1.29, 1.82) is 0 Å². The Labute approximate surface area is 110 Å². The first kappa shape index (κ1) is 13.5. The van der Waals surface area contributed by atoms with Crippen LogP contribution in [0.15, 0.2) is 24.3 Å². The summed E-state index contributed by atoms with van der Waals surface area (Å²) in [7, 11) is 0. The Hall–Kier alpha value is -1.91. The Bertz CT molecular complexity index is 503. The standard InChI is InChI=1S/C14H16FNO3/c1-8-5-11(12(6-8)14(18)19)13(17)16-10-4-2-3-9(15)7-10/h2-4,7-8,11-12H,5-6H2,1H3,(H,16,17)(H,18,19)/t8?,11-,12+/m0/s1. The van der Waals surface area contributed by atoms with Crippen molar-refractivity contribution in [3.05, 3.63) is 30.1 Å². The average Bonchev–Trinajstić information content (AvgIpc) is 2.71. The molecule has 4 nitrogen and oxygen atoms in total. The van der Waals surface area contributed by atoms with Crippen molar-refractivity contribution in [2.45, 2.75) is 19.8 Å². The van der Waals surface area contributed by atoms with Gasteiger partial charge in [-0.15, -0.1) is 0 Å². The fourth-order valence-corrected chi connectivity index (χ4v) is 2.66. The van der Waals surface area contributed by atoms with E-state index in [0.717, 1.165) is 0 Å². The van der Waals surface area contributed by atoms with Crippen LogP contribution in [-0.2, 0) is 9.59 Å². The minimum atomic E-state index is -0.941. The van der Waals surface area contributed by atoms with Gasteiger partial charge in [0.1, 0.15) is 5.82 Å². The number of aliphatic carboxylic acids is 1. The maximum atomic E-state index is 13.0. The molecule has 102 valence electrons. The molecule has 0 radical (unpaired) electrons. The van der Waals surface area contributed by atoms with Gasteiger partial charge in [0.25, 0.3) is 0 Å². The normalized spacial score (nSPS) is 26.1. The van der Waals surface area contributed by atoms with Gasteiger partial charge < -0.3 is 10.4 Å². The molecule has 1 aromatic rings. The van der Waals surface area contributed by atoms with Gasteiger partial charge in [-0.1, -0.05) is 13.0 Å². The molecule has 0 aliphatic heterocycles. The molecule has 2 rings (SSSR count). The lowest BCUT2D eigenvalue weighted by Gasteiger charge is -2.15. The molecule has 2 N–H and O–H groups in total. The molecule has 3 atom stereocenters. The topological polar surface area (TPSA) is 66.4 Å². The molecule has 5 heteroatoms. The van der Waals surface area contributed by atoms with Crippen LogP contribution in [0.3, 0.4) is 0 Å². The van der Waals surface area contributed by atoms with E-state index >= 15 is 0 Å². The van der Waals surface area contributed by atoms with Crippen LogP contribution < -0.4 is 5.32 Å². The summed E-state index contributed by atoms with van der Waals surface area (Å²) in [4.78, 5) is 23.2. The van der Waals surface area contributed by atoms with Gasteiger partial charge in [-0.3, -0.25) is 9.59 Å². The molecule has 1 amide bonds. The molecule has 19 heavy (non-hydrogen) atoms. The fraction of sp³-hybridized carbons (Fsp3) is 0.429. The second kappa shape index (κ2) is 5.38. The van der Waals surface area contributed by atoms with Gasteiger partial charge in [-0.25, -0.2) is 4.39 Å². The van der Waals surface area contributed by atoms with Crippen LogP contribution in [0.1, 0.15) is 19.8 Å². The van der Waals surface area contributed by atoms with Crippen molar-refractivity contribution in [3.63, 3.8) is 0 Å². The summed E-state index contributed by atoms with van der Waals surface area (Å²) in [5.74, 6) is -2.71. The molecule has 0 spiro atoms. The minimum absolute atomic E-state index is 0.212. The van der Waals surface area contributed by atoms with E-state index in [-0.39, 0.29) is 11.8 Å². The summed E-state index contributed by atoms with van der Waals surface area (Å²) in [6.45, 7) is 1.94. The molecule has 0 aromatic heterocycles. The summed E-state index contributed by atoms with van der Waals surface area (Å²) in [6.07, 6.45) is 1.06. The van der Waals surface area contributed by atoms with E-state index in [1.165, 1.54) is 18.2 Å². The highest BCUT2D eigenvalue weighted by molar-refractivity contribution is 5.95. The van der Waals surface area contributed by atoms with E-state index in [2.05, 4.69) is 5.32 Å². The second-order valence-electron chi connectivity index (χ2n) is 5.13. The van der Waals surface area contributed by atoms with Gasteiger partial charge in [0, 0.05) is 5.69 Å². The molecule has 1 saturated carbocycles. The number of rotatable bonds is 3. The number of amides is 1. The third-order valence-electron chi connectivity index (χ3n) is 3.54. The third-order valence-corrected chi connectivity index (χ3v) is 3.54. The maximum absolute atomic E-state index is 13.0. The molecule has 1 fully saturated rings. The van der Waals surface area contributed by atoms with Gasteiger partial charge >= 0.3 is 5.97 Å². The zero-order valence-electron chi connectivity index (χ0n) is 10.6. The van der Waals surface area contributed by atoms with E-state index in [1.807, 2.05) is 6.92 Å². The van der Waals surface area contributed by atoms with E-state index in [9.17, 15) is 14.0 Å². The van der Waals surface area contributed by atoms with Gasteiger partial charge in [0.2, 0.25) is 5.91 Å². The monoisotopic (exact) mass is 265 g/mol. The van der Waals surface area contributed by atoms with Crippen molar-refractivity contribution >= 4 is 17.6 Å². The van der Waals surface area contributed by atoms with Gasteiger partial charge in [0.15, 0.2) is 0 Å². The Balaban J connectivity index is 2.09. The van der Waals surface area contributed by atoms with Crippen molar-refractivity contribution in [1.82, 2.24) is 0 Å². The molecule has 1 unspecified atom stereocenters. The number of carbonyl (C=O) groups is 2. The summed E-state index contributed by atoms with van der Waals surface area (Å²) >= 11 is 0. The smallest absolute Gasteiger partial charge is 0.307 e. The summed E-state index contributed by atoms with van der Waals surface area (Å²) in [5.41, 5.74) is 0.355. The Morgan fingerprint density at radius 2 is 2.00 bits per heavy atom. The fourth-order valence-electron chi connectivity index (χ4n) is 2.66. The highest BCUT2D eigenvalue weighted by Gasteiger charge is 2.41. The van der Waals surface area contributed by atoms with E-state index < -0.39 is 23.6 Å². The number of hydrogen-bond donors (Lipinski definition) is 2. The molecule has 0 saturated heterocycles. The van der Waals surface area contributed by atoms with Crippen LogP contribution in [0.25, 0.3) is 0 Å². The van der Waals surface area contributed by atoms with Crippen LogP contribution in [0.2, 0.25) is 0 Å². The first-order chi connectivity index (χ1) is 8.97. The molecule has 1 aliphatic rings. The SMILES string of the molecule is CC1C[C@H](C(=O)Nc2cccc(F)c2)[C@H](C(=O)O)C1. The van der Waals surface area contributed by atoms with Crippen molar-refractivity contribution in [3.8, 4) is 0 Å². The quantitative estimate of drug-likeness (QED) is 0.882. The number of carboxylic acid groups (broad SMARTS) is 1. The molecule has 0 heterocycles. The first-order valence-corrected chi connectivity index (χ1v) is 6.26. The number of anilines is 1. The third kappa shape index (κ3) is 3.10. The van der Waals surface area contributed by atoms with Gasteiger partial charge in [0.05, 0.1) is 11.8 Å². The molecule has 0 bridgehead atoms. The molecular formula is C14H16FNO3. The number of benzene rings is 1. The average molecular weight is 265 g/mol. The largest absolute Gasteiger partial charge is 0.481 e. The Morgan fingerprint density at radius 1 is 1.32 bits per heavy atom. The lowest BCUT2D eigenvalue weighted by Crippen LogP contribution is -2.30. The zero-order valence-corrected chi connectivity index (χ0v) is 10.6. The summed E-state index contributed by atoms with van der Waals surface area (Å²) in [6, 6.07) is 5.57. The van der Waals surface area contributed by atoms with E-state index in [4.69, 9.17) is 5.11 Å². The highest BCUT2D eigenvalue weighted by atomic mass is 19.1. The van der Waals surface area contributed by atoms with E-state index in [0.29, 0.717) is 18.5 Å². The van der Waals surface area contributed by atoms with Crippen molar-refractivity contribution in [2.24, 2.45) is 17.8 Å². The minimum Gasteiger partial charge on any atom is -0.481 e. The van der Waals surface area contributed by atoms with Crippen molar-refractivity contribution in [2.75, 3.05) is 5.32 Å². The molecule has 1 aliphatic carbocycles. The van der Waals surface area contributed by atoms with Crippen LogP contribution >= 0.6 is 0 Å².